The number of benzene rings is 2. The summed E-state index contributed by atoms with van der Waals surface area (Å²) in [5, 5.41) is 1.93. The van der Waals surface area contributed by atoms with Crippen LogP contribution in [-0.2, 0) is 0 Å². The highest BCUT2D eigenvalue weighted by molar-refractivity contribution is 6.31. The molecule has 0 aliphatic heterocycles. The standard InChI is InChI=1S/C15H8Cl2O2/c16-11-3-1-2-9(6-11)15(18)14-8-10-7-12(17)4-5-13(10)19-14/h1-8H. The molecule has 94 valence electrons. The molecule has 0 aliphatic carbocycles. The minimum atomic E-state index is -0.199. The summed E-state index contributed by atoms with van der Waals surface area (Å²) < 4.78 is 5.53. The van der Waals surface area contributed by atoms with E-state index in [1.807, 2.05) is 0 Å². The third-order valence-electron chi connectivity index (χ3n) is 2.79. The maximum absolute atomic E-state index is 12.3. The zero-order chi connectivity index (χ0) is 13.4. The van der Waals surface area contributed by atoms with Crippen molar-refractivity contribution in [3.05, 3.63) is 69.9 Å². The van der Waals surface area contributed by atoms with Crippen molar-refractivity contribution in [3.63, 3.8) is 0 Å². The highest BCUT2D eigenvalue weighted by atomic mass is 35.5. The minimum absolute atomic E-state index is 0.199. The topological polar surface area (TPSA) is 30.2 Å². The molecule has 4 heteroatoms. The van der Waals surface area contributed by atoms with Crippen LogP contribution in [0.2, 0.25) is 10.0 Å². The molecule has 0 saturated carbocycles. The Hall–Kier alpha value is -1.77. The van der Waals surface area contributed by atoms with Crippen molar-refractivity contribution in [2.45, 2.75) is 0 Å². The highest BCUT2D eigenvalue weighted by Gasteiger charge is 2.14. The smallest absolute Gasteiger partial charge is 0.228 e. The Labute approximate surface area is 119 Å². The lowest BCUT2D eigenvalue weighted by Gasteiger charge is -1.97. The van der Waals surface area contributed by atoms with Crippen molar-refractivity contribution >= 4 is 40.0 Å². The van der Waals surface area contributed by atoms with Gasteiger partial charge in [0.1, 0.15) is 5.58 Å². The van der Waals surface area contributed by atoms with Crippen molar-refractivity contribution < 1.29 is 9.21 Å². The van der Waals surface area contributed by atoms with Crippen LogP contribution in [0, 0.1) is 0 Å². The normalized spacial score (nSPS) is 10.8. The van der Waals surface area contributed by atoms with E-state index in [4.69, 9.17) is 27.6 Å². The Balaban J connectivity index is 2.06. The molecule has 0 N–H and O–H groups in total. The zero-order valence-corrected chi connectivity index (χ0v) is 11.2. The average molecular weight is 291 g/mol. The van der Waals surface area contributed by atoms with Crippen LogP contribution < -0.4 is 0 Å². The fourth-order valence-corrected chi connectivity index (χ4v) is 2.27. The molecule has 0 atom stereocenters. The SMILES string of the molecule is O=C(c1cccc(Cl)c1)c1cc2cc(Cl)ccc2o1. The van der Waals surface area contributed by atoms with Gasteiger partial charge in [0.2, 0.25) is 5.78 Å². The van der Waals surface area contributed by atoms with Gasteiger partial charge in [-0.05, 0) is 36.4 Å². The first-order chi connectivity index (χ1) is 9.13. The molecule has 3 rings (SSSR count). The first kappa shape index (κ1) is 12.3. The molecule has 0 radical (unpaired) electrons. The van der Waals surface area contributed by atoms with E-state index in [1.54, 1.807) is 48.5 Å². The third-order valence-corrected chi connectivity index (χ3v) is 3.26. The van der Waals surface area contributed by atoms with E-state index >= 15 is 0 Å². The monoisotopic (exact) mass is 290 g/mol. The van der Waals surface area contributed by atoms with Gasteiger partial charge in [-0.3, -0.25) is 4.79 Å². The Morgan fingerprint density at radius 2 is 1.74 bits per heavy atom. The molecule has 0 unspecified atom stereocenters. The first-order valence-electron chi connectivity index (χ1n) is 5.63. The predicted molar refractivity (Wildman–Crippen MR) is 76.1 cm³/mol. The van der Waals surface area contributed by atoms with Crippen LogP contribution in [0.1, 0.15) is 16.1 Å². The van der Waals surface area contributed by atoms with Crippen LogP contribution in [0.15, 0.2) is 52.9 Å². The number of ketones is 1. The van der Waals surface area contributed by atoms with E-state index < -0.39 is 0 Å². The van der Waals surface area contributed by atoms with Gasteiger partial charge in [-0.2, -0.15) is 0 Å². The van der Waals surface area contributed by atoms with Crippen molar-refractivity contribution in [1.29, 1.82) is 0 Å². The van der Waals surface area contributed by atoms with E-state index in [0.717, 1.165) is 5.39 Å². The number of fused-ring (bicyclic) bond motifs is 1. The number of hydrogen-bond donors (Lipinski definition) is 0. The Morgan fingerprint density at radius 3 is 2.53 bits per heavy atom. The summed E-state index contributed by atoms with van der Waals surface area (Å²) in [6.07, 6.45) is 0. The van der Waals surface area contributed by atoms with Gasteiger partial charge in [0, 0.05) is 21.0 Å². The quantitative estimate of drug-likeness (QED) is 0.624. The second kappa shape index (κ2) is 4.72. The molecular formula is C15H8Cl2O2. The van der Waals surface area contributed by atoms with Gasteiger partial charge >= 0.3 is 0 Å². The van der Waals surface area contributed by atoms with E-state index in [1.165, 1.54) is 0 Å². The largest absolute Gasteiger partial charge is 0.453 e. The second-order valence-corrected chi connectivity index (χ2v) is 5.01. The van der Waals surface area contributed by atoms with Gasteiger partial charge in [0.15, 0.2) is 5.76 Å². The Kier molecular flexibility index (Phi) is 3.05. The van der Waals surface area contributed by atoms with Crippen LogP contribution in [0.5, 0.6) is 0 Å². The lowest BCUT2D eigenvalue weighted by Crippen LogP contribution is -1.98. The van der Waals surface area contributed by atoms with Gasteiger partial charge in [-0.15, -0.1) is 0 Å². The molecule has 0 saturated heterocycles. The van der Waals surface area contributed by atoms with Crippen LogP contribution in [0.3, 0.4) is 0 Å². The molecule has 19 heavy (non-hydrogen) atoms. The zero-order valence-electron chi connectivity index (χ0n) is 9.69. The van der Waals surface area contributed by atoms with Crippen LogP contribution in [0.4, 0.5) is 0 Å². The summed E-state index contributed by atoms with van der Waals surface area (Å²) in [7, 11) is 0. The maximum Gasteiger partial charge on any atom is 0.228 e. The van der Waals surface area contributed by atoms with Gasteiger partial charge in [-0.25, -0.2) is 0 Å². The molecule has 0 spiro atoms. The summed E-state index contributed by atoms with van der Waals surface area (Å²) in [6.45, 7) is 0. The lowest BCUT2D eigenvalue weighted by molar-refractivity contribution is 0.101. The number of carbonyl (C=O) groups is 1. The summed E-state index contributed by atoms with van der Waals surface area (Å²) in [5.41, 5.74) is 1.13. The minimum Gasteiger partial charge on any atom is -0.453 e. The molecule has 2 aromatic carbocycles. The van der Waals surface area contributed by atoms with Crippen molar-refractivity contribution in [3.8, 4) is 0 Å². The molecule has 0 amide bonds. The summed E-state index contributed by atoms with van der Waals surface area (Å²) >= 11 is 11.8. The Bertz CT molecular complexity index is 775. The van der Waals surface area contributed by atoms with E-state index in [0.29, 0.717) is 21.2 Å². The van der Waals surface area contributed by atoms with E-state index in [9.17, 15) is 4.79 Å². The average Bonchev–Trinajstić information content (AvgIpc) is 2.80. The van der Waals surface area contributed by atoms with Crippen LogP contribution in [0.25, 0.3) is 11.0 Å². The van der Waals surface area contributed by atoms with Gasteiger partial charge in [-0.1, -0.05) is 35.3 Å². The predicted octanol–water partition coefficient (Wildman–Crippen LogP) is 4.97. The molecule has 0 fully saturated rings. The fourth-order valence-electron chi connectivity index (χ4n) is 1.90. The number of furan rings is 1. The molecule has 1 aromatic heterocycles. The summed E-state index contributed by atoms with van der Waals surface area (Å²) in [4.78, 5) is 12.3. The Morgan fingerprint density at radius 1 is 0.947 bits per heavy atom. The molecule has 1 heterocycles. The number of carbonyl (C=O) groups excluding carboxylic acids is 1. The fraction of sp³-hybridized carbons (Fsp3) is 0. The molecule has 0 bridgehead atoms. The number of rotatable bonds is 2. The molecular weight excluding hydrogens is 283 g/mol. The third kappa shape index (κ3) is 2.37. The van der Waals surface area contributed by atoms with Gasteiger partial charge < -0.3 is 4.42 Å². The summed E-state index contributed by atoms with van der Waals surface area (Å²) in [6, 6.07) is 13.7. The van der Waals surface area contributed by atoms with Gasteiger partial charge in [0.25, 0.3) is 0 Å². The van der Waals surface area contributed by atoms with E-state index in [2.05, 4.69) is 0 Å². The first-order valence-corrected chi connectivity index (χ1v) is 6.38. The molecule has 0 aliphatic rings. The number of hydrogen-bond acceptors (Lipinski definition) is 2. The summed E-state index contributed by atoms with van der Waals surface area (Å²) in [5.74, 6) is 0.0781. The maximum atomic E-state index is 12.3. The lowest BCUT2D eigenvalue weighted by atomic mass is 10.1. The van der Waals surface area contributed by atoms with Crippen LogP contribution >= 0.6 is 23.2 Å². The highest BCUT2D eigenvalue weighted by Crippen LogP contribution is 2.25. The number of halogens is 2. The molecule has 3 aromatic rings. The van der Waals surface area contributed by atoms with Crippen LogP contribution in [-0.4, -0.2) is 5.78 Å². The van der Waals surface area contributed by atoms with Crippen molar-refractivity contribution in [2.24, 2.45) is 0 Å². The van der Waals surface area contributed by atoms with Gasteiger partial charge in [0.05, 0.1) is 0 Å². The van der Waals surface area contributed by atoms with Crippen molar-refractivity contribution in [2.75, 3.05) is 0 Å². The van der Waals surface area contributed by atoms with Crippen molar-refractivity contribution in [1.82, 2.24) is 0 Å². The molecule has 2 nitrogen and oxygen atoms in total. The van der Waals surface area contributed by atoms with E-state index in [-0.39, 0.29) is 11.5 Å². The second-order valence-electron chi connectivity index (χ2n) is 4.13.